The molecule has 1 fully saturated rings. The molecular weight excluding hydrogens is 228 g/mol. The molecule has 0 spiro atoms. The third kappa shape index (κ3) is 2.41. The first-order valence-electron chi connectivity index (χ1n) is 6.58. The number of nitrogens with zero attached hydrogens (tertiary/aromatic N) is 3. The van der Waals surface area contributed by atoms with Gasteiger partial charge < -0.3 is 15.4 Å². The molecule has 100 valence electrons. The highest BCUT2D eigenvalue weighted by Crippen LogP contribution is 2.31. The molecule has 0 aliphatic carbocycles. The highest BCUT2D eigenvalue weighted by atomic mass is 16.5. The number of aromatic nitrogens is 2. The molecule has 1 aliphatic heterocycles. The van der Waals surface area contributed by atoms with E-state index in [4.69, 9.17) is 10.5 Å². The number of hydrogen-bond acceptors (Lipinski definition) is 5. The lowest BCUT2D eigenvalue weighted by Gasteiger charge is -2.24. The zero-order chi connectivity index (χ0) is 13.1. The number of anilines is 1. The van der Waals surface area contributed by atoms with E-state index in [9.17, 15) is 0 Å². The maximum Gasteiger partial charge on any atom is 0.221 e. The topological polar surface area (TPSA) is 64.3 Å². The van der Waals surface area contributed by atoms with E-state index in [2.05, 4.69) is 21.8 Å². The Balaban J connectivity index is 2.25. The molecule has 0 radical (unpaired) electrons. The van der Waals surface area contributed by atoms with E-state index in [-0.39, 0.29) is 0 Å². The van der Waals surface area contributed by atoms with Gasteiger partial charge in [0.25, 0.3) is 0 Å². The van der Waals surface area contributed by atoms with Crippen LogP contribution in [0.3, 0.4) is 0 Å². The lowest BCUT2D eigenvalue weighted by Crippen LogP contribution is -2.29. The third-order valence-corrected chi connectivity index (χ3v) is 3.56. The molecule has 5 heteroatoms. The summed E-state index contributed by atoms with van der Waals surface area (Å²) in [7, 11) is 0. The predicted octanol–water partition coefficient (Wildman–Crippen LogP) is 1.36. The predicted molar refractivity (Wildman–Crippen MR) is 71.9 cm³/mol. The average molecular weight is 250 g/mol. The fourth-order valence-corrected chi connectivity index (χ4v) is 2.61. The van der Waals surface area contributed by atoms with Crippen LogP contribution in [0, 0.1) is 12.8 Å². The van der Waals surface area contributed by atoms with Crippen LogP contribution in [0.5, 0.6) is 5.88 Å². The van der Waals surface area contributed by atoms with Gasteiger partial charge in [0.2, 0.25) is 5.88 Å². The molecule has 0 aromatic carbocycles. The van der Waals surface area contributed by atoms with Crippen molar-refractivity contribution < 1.29 is 4.74 Å². The molecule has 0 amide bonds. The molecule has 1 saturated heterocycles. The van der Waals surface area contributed by atoms with Crippen molar-refractivity contribution in [1.29, 1.82) is 0 Å². The van der Waals surface area contributed by atoms with Crippen LogP contribution in [-0.4, -0.2) is 35.7 Å². The molecule has 2 rings (SSSR count). The smallest absolute Gasteiger partial charge is 0.221 e. The summed E-state index contributed by atoms with van der Waals surface area (Å²) in [4.78, 5) is 10.9. The van der Waals surface area contributed by atoms with E-state index in [1.807, 2.05) is 13.8 Å². The Kier molecular flexibility index (Phi) is 4.01. The van der Waals surface area contributed by atoms with Crippen molar-refractivity contribution in [3.8, 4) is 5.88 Å². The number of ether oxygens (including phenoxy) is 1. The van der Waals surface area contributed by atoms with Crippen LogP contribution in [0.15, 0.2) is 6.33 Å². The lowest BCUT2D eigenvalue weighted by molar-refractivity contribution is 0.323. The molecule has 1 aliphatic rings. The molecule has 18 heavy (non-hydrogen) atoms. The van der Waals surface area contributed by atoms with E-state index in [1.165, 1.54) is 0 Å². The second kappa shape index (κ2) is 5.52. The van der Waals surface area contributed by atoms with Crippen molar-refractivity contribution >= 4 is 5.82 Å². The minimum atomic E-state index is 0.474. The van der Waals surface area contributed by atoms with Gasteiger partial charge in [-0.2, -0.15) is 0 Å². The number of rotatable bonds is 4. The Bertz CT molecular complexity index is 410. The van der Waals surface area contributed by atoms with Gasteiger partial charge in [-0.15, -0.1) is 0 Å². The van der Waals surface area contributed by atoms with Crippen molar-refractivity contribution in [2.75, 3.05) is 24.6 Å². The van der Waals surface area contributed by atoms with Crippen molar-refractivity contribution in [1.82, 2.24) is 9.97 Å². The Labute approximate surface area is 108 Å². The number of nitrogens with two attached hydrogens (primary N) is 1. The maximum atomic E-state index is 5.77. The molecule has 2 atom stereocenters. The molecule has 0 saturated carbocycles. The van der Waals surface area contributed by atoms with Crippen LogP contribution < -0.4 is 15.4 Å². The zero-order valence-electron chi connectivity index (χ0n) is 11.4. The Morgan fingerprint density at radius 3 is 2.89 bits per heavy atom. The average Bonchev–Trinajstić information content (AvgIpc) is 2.74. The maximum absolute atomic E-state index is 5.77. The first-order valence-corrected chi connectivity index (χ1v) is 6.58. The lowest BCUT2D eigenvalue weighted by atomic mass is 10.1. The van der Waals surface area contributed by atoms with Gasteiger partial charge >= 0.3 is 0 Å². The first kappa shape index (κ1) is 13.1. The van der Waals surface area contributed by atoms with Crippen molar-refractivity contribution in [2.45, 2.75) is 33.2 Å². The summed E-state index contributed by atoms with van der Waals surface area (Å²) >= 11 is 0. The minimum Gasteiger partial charge on any atom is -0.478 e. The second-order valence-corrected chi connectivity index (χ2v) is 4.90. The summed E-state index contributed by atoms with van der Waals surface area (Å²) in [6, 6.07) is 0.474. The van der Waals surface area contributed by atoms with Gasteiger partial charge in [0.15, 0.2) is 0 Å². The molecule has 0 bridgehead atoms. The third-order valence-electron chi connectivity index (χ3n) is 3.56. The standard InChI is InChI=1S/C13H22N4O/c1-4-18-13-10(3)12(15-8-16-13)17-7-11(6-14)5-9(17)2/h8-9,11H,4-7,14H2,1-3H3. The fraction of sp³-hybridized carbons (Fsp3) is 0.692. The fourth-order valence-electron chi connectivity index (χ4n) is 2.61. The zero-order valence-corrected chi connectivity index (χ0v) is 11.4. The largest absolute Gasteiger partial charge is 0.478 e. The summed E-state index contributed by atoms with van der Waals surface area (Å²) in [5.74, 6) is 2.23. The summed E-state index contributed by atoms with van der Waals surface area (Å²) in [5.41, 5.74) is 6.79. The van der Waals surface area contributed by atoms with Crippen LogP contribution in [0.4, 0.5) is 5.82 Å². The Hall–Kier alpha value is -1.36. The van der Waals surface area contributed by atoms with Gasteiger partial charge in [-0.3, -0.25) is 0 Å². The van der Waals surface area contributed by atoms with Gasteiger partial charge in [-0.05, 0) is 39.7 Å². The molecule has 5 nitrogen and oxygen atoms in total. The van der Waals surface area contributed by atoms with Crippen molar-refractivity contribution in [3.05, 3.63) is 11.9 Å². The van der Waals surface area contributed by atoms with Gasteiger partial charge in [0.05, 0.1) is 12.2 Å². The van der Waals surface area contributed by atoms with Gasteiger partial charge in [-0.25, -0.2) is 9.97 Å². The van der Waals surface area contributed by atoms with E-state index >= 15 is 0 Å². The molecular formula is C13H22N4O. The number of hydrogen-bond donors (Lipinski definition) is 1. The van der Waals surface area contributed by atoms with E-state index in [1.54, 1.807) is 6.33 Å². The summed E-state index contributed by atoms with van der Waals surface area (Å²) < 4.78 is 5.52. The van der Waals surface area contributed by atoms with Gasteiger partial charge in [-0.1, -0.05) is 0 Å². The first-order chi connectivity index (χ1) is 8.67. The highest BCUT2D eigenvalue weighted by Gasteiger charge is 2.30. The molecule has 1 aromatic heterocycles. The summed E-state index contributed by atoms with van der Waals surface area (Å²) in [6.45, 7) is 8.53. The van der Waals surface area contributed by atoms with Crippen molar-refractivity contribution in [3.63, 3.8) is 0 Å². The highest BCUT2D eigenvalue weighted by molar-refractivity contribution is 5.51. The SMILES string of the molecule is CCOc1ncnc(N2CC(CN)CC2C)c1C. The molecule has 2 unspecified atom stereocenters. The van der Waals surface area contributed by atoms with Crippen molar-refractivity contribution in [2.24, 2.45) is 11.7 Å². The second-order valence-electron chi connectivity index (χ2n) is 4.90. The normalized spacial score (nSPS) is 23.4. The van der Waals surface area contributed by atoms with E-state index in [0.717, 1.165) is 30.9 Å². The minimum absolute atomic E-state index is 0.474. The van der Waals surface area contributed by atoms with Crippen LogP contribution in [0.25, 0.3) is 0 Å². The van der Waals surface area contributed by atoms with Gasteiger partial charge in [0.1, 0.15) is 12.1 Å². The Morgan fingerprint density at radius 1 is 1.50 bits per heavy atom. The van der Waals surface area contributed by atoms with Crippen LogP contribution in [0.1, 0.15) is 25.8 Å². The molecule has 1 aromatic rings. The van der Waals surface area contributed by atoms with E-state index in [0.29, 0.717) is 24.4 Å². The molecule has 2 N–H and O–H groups in total. The Morgan fingerprint density at radius 2 is 2.28 bits per heavy atom. The van der Waals surface area contributed by atoms with Crippen LogP contribution >= 0.6 is 0 Å². The molecule has 2 heterocycles. The van der Waals surface area contributed by atoms with Crippen LogP contribution in [-0.2, 0) is 0 Å². The monoisotopic (exact) mass is 250 g/mol. The summed E-state index contributed by atoms with van der Waals surface area (Å²) in [6.07, 6.45) is 2.71. The quantitative estimate of drug-likeness (QED) is 0.874. The van der Waals surface area contributed by atoms with Gasteiger partial charge in [0, 0.05) is 12.6 Å². The van der Waals surface area contributed by atoms with E-state index < -0.39 is 0 Å². The van der Waals surface area contributed by atoms with Crippen LogP contribution in [0.2, 0.25) is 0 Å². The summed E-state index contributed by atoms with van der Waals surface area (Å²) in [5, 5.41) is 0.